The van der Waals surface area contributed by atoms with Crippen molar-refractivity contribution >= 4 is 21.6 Å². The summed E-state index contributed by atoms with van der Waals surface area (Å²) in [5.41, 5.74) is 3.74. The largest absolute Gasteiger partial charge is 0.452 e. The van der Waals surface area contributed by atoms with Gasteiger partial charge in [0, 0.05) is 5.69 Å². The van der Waals surface area contributed by atoms with Crippen molar-refractivity contribution in [3.63, 3.8) is 0 Å². The molecule has 0 aliphatic carbocycles. The molecule has 84 valence electrons. The lowest BCUT2D eigenvalue weighted by Gasteiger charge is -2.09. The first-order valence-electron chi connectivity index (χ1n) is 5.21. The Balaban J connectivity index is 2.07. The first-order valence-corrected chi connectivity index (χ1v) is 6.00. The van der Waals surface area contributed by atoms with E-state index >= 15 is 0 Å². The molecule has 0 radical (unpaired) electrons. The minimum atomic E-state index is 0.704. The molecule has 0 unspecified atom stereocenters. The van der Waals surface area contributed by atoms with Crippen LogP contribution in [0.1, 0.15) is 16.9 Å². The molecule has 1 heterocycles. The quantitative estimate of drug-likeness (QED) is 0.908. The van der Waals surface area contributed by atoms with E-state index in [0.29, 0.717) is 6.54 Å². The van der Waals surface area contributed by atoms with Crippen LogP contribution < -0.4 is 5.32 Å². The van der Waals surface area contributed by atoms with E-state index < -0.39 is 0 Å². The standard InChI is InChI=1S/C13H14BrNO/c1-9-4-3-5-12(10(9)2)15-8-11-6-7-13(14)16-11/h3-7,15H,8H2,1-2H3. The lowest BCUT2D eigenvalue weighted by atomic mass is 10.1. The summed E-state index contributed by atoms with van der Waals surface area (Å²) in [6.07, 6.45) is 0. The molecule has 16 heavy (non-hydrogen) atoms. The fraction of sp³-hybridized carbons (Fsp3) is 0.231. The summed E-state index contributed by atoms with van der Waals surface area (Å²) >= 11 is 3.29. The van der Waals surface area contributed by atoms with Gasteiger partial charge in [0.15, 0.2) is 4.67 Å². The Hall–Kier alpha value is -1.22. The van der Waals surface area contributed by atoms with E-state index in [1.807, 2.05) is 12.1 Å². The zero-order valence-electron chi connectivity index (χ0n) is 9.38. The number of furan rings is 1. The summed E-state index contributed by atoms with van der Waals surface area (Å²) in [6, 6.07) is 10.1. The summed E-state index contributed by atoms with van der Waals surface area (Å²) < 4.78 is 6.20. The van der Waals surface area contributed by atoms with E-state index in [-0.39, 0.29) is 0 Å². The van der Waals surface area contributed by atoms with Gasteiger partial charge in [-0.05, 0) is 59.1 Å². The highest BCUT2D eigenvalue weighted by atomic mass is 79.9. The molecular weight excluding hydrogens is 266 g/mol. The van der Waals surface area contributed by atoms with Crippen LogP contribution >= 0.6 is 15.9 Å². The number of benzene rings is 1. The highest BCUT2D eigenvalue weighted by Gasteiger charge is 2.02. The highest BCUT2D eigenvalue weighted by molar-refractivity contribution is 9.10. The normalized spacial score (nSPS) is 10.4. The molecule has 0 saturated heterocycles. The van der Waals surface area contributed by atoms with Crippen molar-refractivity contribution in [3.05, 3.63) is 51.9 Å². The maximum atomic E-state index is 5.43. The first-order chi connectivity index (χ1) is 7.66. The highest BCUT2D eigenvalue weighted by Crippen LogP contribution is 2.20. The lowest BCUT2D eigenvalue weighted by Crippen LogP contribution is -2.00. The molecule has 0 saturated carbocycles. The SMILES string of the molecule is Cc1cccc(NCc2ccc(Br)o2)c1C. The molecule has 0 spiro atoms. The van der Waals surface area contributed by atoms with Crippen molar-refractivity contribution in [2.45, 2.75) is 20.4 Å². The van der Waals surface area contributed by atoms with Crippen molar-refractivity contribution in [1.82, 2.24) is 0 Å². The van der Waals surface area contributed by atoms with E-state index in [0.717, 1.165) is 16.1 Å². The molecule has 0 atom stereocenters. The minimum Gasteiger partial charge on any atom is -0.452 e. The molecule has 3 heteroatoms. The number of anilines is 1. The van der Waals surface area contributed by atoms with Crippen LogP contribution in [0.4, 0.5) is 5.69 Å². The van der Waals surface area contributed by atoms with Crippen LogP contribution in [-0.4, -0.2) is 0 Å². The fourth-order valence-corrected chi connectivity index (χ4v) is 1.91. The Morgan fingerprint density at radius 2 is 2.00 bits per heavy atom. The molecule has 0 aliphatic heterocycles. The van der Waals surface area contributed by atoms with Gasteiger partial charge in [0.25, 0.3) is 0 Å². The molecular formula is C13H14BrNO. The molecule has 2 rings (SSSR count). The van der Waals surface area contributed by atoms with Crippen LogP contribution in [0, 0.1) is 13.8 Å². The van der Waals surface area contributed by atoms with Gasteiger partial charge >= 0.3 is 0 Å². The van der Waals surface area contributed by atoms with Gasteiger partial charge in [-0.3, -0.25) is 0 Å². The second-order valence-corrected chi connectivity index (χ2v) is 4.59. The van der Waals surface area contributed by atoms with E-state index in [4.69, 9.17) is 4.42 Å². The Morgan fingerprint density at radius 3 is 2.69 bits per heavy atom. The molecule has 0 bridgehead atoms. The number of rotatable bonds is 3. The van der Waals surface area contributed by atoms with Crippen LogP contribution in [0.2, 0.25) is 0 Å². The van der Waals surface area contributed by atoms with Crippen molar-refractivity contribution in [3.8, 4) is 0 Å². The number of hydrogen-bond acceptors (Lipinski definition) is 2. The van der Waals surface area contributed by atoms with Gasteiger partial charge in [0.05, 0.1) is 6.54 Å². The third-order valence-corrected chi connectivity index (χ3v) is 3.11. The number of halogens is 1. The van der Waals surface area contributed by atoms with E-state index in [9.17, 15) is 0 Å². The molecule has 1 aromatic heterocycles. The third kappa shape index (κ3) is 2.47. The molecule has 0 aliphatic rings. The molecule has 0 fully saturated rings. The number of nitrogens with one attached hydrogen (secondary N) is 1. The van der Waals surface area contributed by atoms with Gasteiger partial charge in [-0.1, -0.05) is 12.1 Å². The Labute approximate surface area is 104 Å². The maximum absolute atomic E-state index is 5.43. The van der Waals surface area contributed by atoms with Crippen molar-refractivity contribution in [1.29, 1.82) is 0 Å². The Bertz CT molecular complexity index is 490. The van der Waals surface area contributed by atoms with Crippen LogP contribution in [0.3, 0.4) is 0 Å². The van der Waals surface area contributed by atoms with E-state index in [1.54, 1.807) is 0 Å². The summed E-state index contributed by atoms with van der Waals surface area (Å²) in [5.74, 6) is 0.924. The van der Waals surface area contributed by atoms with E-state index in [1.165, 1.54) is 11.1 Å². The monoisotopic (exact) mass is 279 g/mol. The topological polar surface area (TPSA) is 25.2 Å². The second kappa shape index (κ2) is 4.74. The zero-order valence-corrected chi connectivity index (χ0v) is 11.0. The van der Waals surface area contributed by atoms with Crippen LogP contribution in [0.25, 0.3) is 0 Å². The van der Waals surface area contributed by atoms with Gasteiger partial charge in [-0.25, -0.2) is 0 Å². The lowest BCUT2D eigenvalue weighted by molar-refractivity contribution is 0.495. The molecule has 2 nitrogen and oxygen atoms in total. The summed E-state index contributed by atoms with van der Waals surface area (Å²) in [7, 11) is 0. The van der Waals surface area contributed by atoms with Gasteiger partial charge in [0.2, 0.25) is 0 Å². The average Bonchev–Trinajstić information content (AvgIpc) is 2.67. The van der Waals surface area contributed by atoms with E-state index in [2.05, 4.69) is 53.3 Å². The predicted octanol–water partition coefficient (Wildman–Crippen LogP) is 4.27. The van der Waals surface area contributed by atoms with Crippen LogP contribution in [-0.2, 0) is 6.54 Å². The maximum Gasteiger partial charge on any atom is 0.169 e. The number of hydrogen-bond donors (Lipinski definition) is 1. The fourth-order valence-electron chi connectivity index (χ4n) is 1.57. The van der Waals surface area contributed by atoms with Gasteiger partial charge in [-0.15, -0.1) is 0 Å². The summed E-state index contributed by atoms with van der Waals surface area (Å²) in [4.78, 5) is 0. The van der Waals surface area contributed by atoms with Gasteiger partial charge in [-0.2, -0.15) is 0 Å². The minimum absolute atomic E-state index is 0.704. The van der Waals surface area contributed by atoms with Crippen molar-refractivity contribution < 1.29 is 4.42 Å². The van der Waals surface area contributed by atoms with Crippen molar-refractivity contribution in [2.75, 3.05) is 5.32 Å². The molecule has 1 N–H and O–H groups in total. The van der Waals surface area contributed by atoms with Gasteiger partial charge < -0.3 is 9.73 Å². The average molecular weight is 280 g/mol. The van der Waals surface area contributed by atoms with Crippen LogP contribution in [0.15, 0.2) is 39.4 Å². The summed E-state index contributed by atoms with van der Waals surface area (Å²) in [5, 5.41) is 3.37. The second-order valence-electron chi connectivity index (χ2n) is 3.81. The summed E-state index contributed by atoms with van der Waals surface area (Å²) in [6.45, 7) is 4.94. The number of aryl methyl sites for hydroxylation is 1. The van der Waals surface area contributed by atoms with Crippen LogP contribution in [0.5, 0.6) is 0 Å². The Kier molecular flexibility index (Phi) is 3.34. The molecule has 1 aromatic carbocycles. The van der Waals surface area contributed by atoms with Gasteiger partial charge in [0.1, 0.15) is 5.76 Å². The predicted molar refractivity (Wildman–Crippen MR) is 69.7 cm³/mol. The first kappa shape index (κ1) is 11.3. The third-order valence-electron chi connectivity index (χ3n) is 2.69. The Morgan fingerprint density at radius 1 is 1.19 bits per heavy atom. The smallest absolute Gasteiger partial charge is 0.169 e. The molecule has 2 aromatic rings. The zero-order chi connectivity index (χ0) is 11.5. The van der Waals surface area contributed by atoms with Crippen molar-refractivity contribution in [2.24, 2.45) is 0 Å². The molecule has 0 amide bonds.